The van der Waals surface area contributed by atoms with Gasteiger partial charge in [-0.2, -0.15) is 18.4 Å². The Morgan fingerprint density at radius 1 is 1.14 bits per heavy atom. The van der Waals surface area contributed by atoms with Crippen LogP contribution in [0, 0.1) is 11.3 Å². The molecule has 7 heteroatoms. The molecule has 28 heavy (non-hydrogen) atoms. The molecule has 0 aliphatic heterocycles. The first-order chi connectivity index (χ1) is 13.3. The van der Waals surface area contributed by atoms with Crippen molar-refractivity contribution in [3.8, 4) is 17.6 Å². The van der Waals surface area contributed by atoms with Crippen LogP contribution in [-0.4, -0.2) is 13.7 Å². The van der Waals surface area contributed by atoms with E-state index in [2.05, 4.69) is 11.4 Å². The van der Waals surface area contributed by atoms with E-state index >= 15 is 0 Å². The van der Waals surface area contributed by atoms with E-state index in [4.69, 9.17) is 14.7 Å². The molecule has 0 radical (unpaired) electrons. The fraction of sp³-hybridized carbons (Fsp3) is 0.381. The lowest BCUT2D eigenvalue weighted by Crippen LogP contribution is -2.19. The molecule has 0 saturated heterocycles. The van der Waals surface area contributed by atoms with Crippen LogP contribution in [0.5, 0.6) is 11.5 Å². The number of alkyl halides is 3. The van der Waals surface area contributed by atoms with Crippen LogP contribution >= 0.6 is 0 Å². The first kappa shape index (κ1) is 21.6. The van der Waals surface area contributed by atoms with Crippen LogP contribution in [0.4, 0.5) is 13.2 Å². The van der Waals surface area contributed by atoms with Crippen LogP contribution in [0.25, 0.3) is 0 Å². The number of rotatable bonds is 9. The summed E-state index contributed by atoms with van der Waals surface area (Å²) >= 11 is 0. The molecule has 0 aliphatic carbocycles. The summed E-state index contributed by atoms with van der Waals surface area (Å²) in [6.45, 7) is 2.68. The number of unbranched alkanes of at least 4 members (excludes halogenated alkanes) is 1. The first-order valence-electron chi connectivity index (χ1n) is 8.92. The first-order valence-corrected chi connectivity index (χ1v) is 8.92. The number of halogens is 3. The summed E-state index contributed by atoms with van der Waals surface area (Å²) in [5, 5.41) is 11.8. The van der Waals surface area contributed by atoms with E-state index in [0.29, 0.717) is 43.1 Å². The third kappa shape index (κ3) is 6.17. The van der Waals surface area contributed by atoms with E-state index in [9.17, 15) is 13.2 Å². The Morgan fingerprint density at radius 3 is 2.61 bits per heavy atom. The zero-order valence-corrected chi connectivity index (χ0v) is 15.8. The monoisotopic (exact) mass is 392 g/mol. The molecular formula is C21H23F3N2O2. The minimum absolute atomic E-state index is 0.260. The van der Waals surface area contributed by atoms with Crippen molar-refractivity contribution in [3.63, 3.8) is 0 Å². The second-order valence-electron chi connectivity index (χ2n) is 6.32. The minimum Gasteiger partial charge on any atom is -0.493 e. The van der Waals surface area contributed by atoms with Crippen molar-refractivity contribution in [2.75, 3.05) is 13.7 Å². The molecule has 2 aromatic rings. The van der Waals surface area contributed by atoms with Gasteiger partial charge in [0.2, 0.25) is 0 Å². The lowest BCUT2D eigenvalue weighted by molar-refractivity contribution is -0.137. The third-order valence-electron chi connectivity index (χ3n) is 4.24. The van der Waals surface area contributed by atoms with E-state index < -0.39 is 11.7 Å². The van der Waals surface area contributed by atoms with Gasteiger partial charge in [0, 0.05) is 19.0 Å². The third-order valence-corrected chi connectivity index (χ3v) is 4.24. The second-order valence-corrected chi connectivity index (χ2v) is 6.32. The SMILES string of the molecule is COc1ccc(CNC(C)c2cccc(C(F)(F)F)c2)cc1OCCCC#N. The smallest absolute Gasteiger partial charge is 0.416 e. The van der Waals surface area contributed by atoms with Crippen LogP contribution in [0.3, 0.4) is 0 Å². The van der Waals surface area contributed by atoms with Crippen LogP contribution in [0.15, 0.2) is 42.5 Å². The van der Waals surface area contributed by atoms with Crippen LogP contribution < -0.4 is 14.8 Å². The van der Waals surface area contributed by atoms with Crippen molar-refractivity contribution < 1.29 is 22.6 Å². The molecule has 0 fully saturated rings. The van der Waals surface area contributed by atoms with Crippen LogP contribution in [0.1, 0.15) is 42.5 Å². The van der Waals surface area contributed by atoms with Gasteiger partial charge in [-0.1, -0.05) is 18.2 Å². The van der Waals surface area contributed by atoms with Gasteiger partial charge in [-0.25, -0.2) is 0 Å². The summed E-state index contributed by atoms with van der Waals surface area (Å²) in [6, 6.07) is 12.6. The Balaban J connectivity index is 2.02. The zero-order chi connectivity index (χ0) is 20.6. The minimum atomic E-state index is -4.36. The van der Waals surface area contributed by atoms with Gasteiger partial charge in [-0.05, 0) is 48.7 Å². The van der Waals surface area contributed by atoms with Gasteiger partial charge in [0.15, 0.2) is 11.5 Å². The number of benzene rings is 2. The molecule has 1 N–H and O–H groups in total. The van der Waals surface area contributed by atoms with Crippen molar-refractivity contribution in [1.29, 1.82) is 5.26 Å². The summed E-state index contributed by atoms with van der Waals surface area (Å²) in [5.41, 5.74) is 0.822. The van der Waals surface area contributed by atoms with Crippen LogP contribution in [0.2, 0.25) is 0 Å². The Kier molecular flexibility index (Phi) is 7.70. The number of hydrogen-bond acceptors (Lipinski definition) is 4. The summed E-state index contributed by atoms with van der Waals surface area (Å²) in [7, 11) is 1.55. The molecule has 0 bridgehead atoms. The molecule has 2 rings (SSSR count). The maximum atomic E-state index is 12.9. The van der Waals surface area contributed by atoms with Gasteiger partial charge in [-0.3, -0.25) is 0 Å². The van der Waals surface area contributed by atoms with Crippen molar-refractivity contribution in [3.05, 3.63) is 59.2 Å². The zero-order valence-electron chi connectivity index (χ0n) is 15.8. The number of nitrogens with zero attached hydrogens (tertiary/aromatic N) is 1. The maximum Gasteiger partial charge on any atom is 0.416 e. The van der Waals surface area contributed by atoms with Crippen molar-refractivity contribution in [2.45, 2.75) is 38.5 Å². The molecule has 0 aliphatic rings. The average molecular weight is 392 g/mol. The lowest BCUT2D eigenvalue weighted by Gasteiger charge is -2.17. The Labute approximate surface area is 162 Å². The fourth-order valence-electron chi connectivity index (χ4n) is 2.65. The number of nitriles is 1. The Morgan fingerprint density at radius 2 is 1.93 bits per heavy atom. The summed E-state index contributed by atoms with van der Waals surface area (Å²) < 4.78 is 49.6. The number of methoxy groups -OCH3 is 1. The number of ether oxygens (including phenoxy) is 2. The van der Waals surface area contributed by atoms with Crippen molar-refractivity contribution >= 4 is 0 Å². The number of hydrogen-bond donors (Lipinski definition) is 1. The number of nitrogens with one attached hydrogen (secondary N) is 1. The molecule has 2 aromatic carbocycles. The predicted molar refractivity (Wildman–Crippen MR) is 100 cm³/mol. The van der Waals surface area contributed by atoms with Gasteiger partial charge in [0.25, 0.3) is 0 Å². The second kappa shape index (κ2) is 10.00. The van der Waals surface area contributed by atoms with Gasteiger partial charge >= 0.3 is 6.18 Å². The highest BCUT2D eigenvalue weighted by Crippen LogP contribution is 2.31. The normalized spacial score (nSPS) is 12.3. The Bertz CT molecular complexity index is 816. The largest absolute Gasteiger partial charge is 0.493 e. The Hall–Kier alpha value is -2.72. The van der Waals surface area contributed by atoms with E-state index in [1.165, 1.54) is 6.07 Å². The molecule has 0 saturated carbocycles. The molecule has 1 atom stereocenters. The highest BCUT2D eigenvalue weighted by Gasteiger charge is 2.30. The van der Waals surface area contributed by atoms with Gasteiger partial charge in [0.05, 0.1) is 25.3 Å². The van der Waals surface area contributed by atoms with Gasteiger partial charge in [0.1, 0.15) is 0 Å². The molecule has 0 heterocycles. The molecule has 4 nitrogen and oxygen atoms in total. The van der Waals surface area contributed by atoms with Crippen molar-refractivity contribution in [1.82, 2.24) is 5.32 Å². The summed E-state index contributed by atoms with van der Waals surface area (Å²) in [5.74, 6) is 1.16. The average Bonchev–Trinajstić information content (AvgIpc) is 2.69. The van der Waals surface area contributed by atoms with E-state index in [1.807, 2.05) is 19.1 Å². The van der Waals surface area contributed by atoms with E-state index in [-0.39, 0.29) is 6.04 Å². The predicted octanol–water partition coefficient (Wildman–Crippen LogP) is 5.25. The molecule has 150 valence electrons. The quantitative estimate of drug-likeness (QED) is 0.593. The van der Waals surface area contributed by atoms with E-state index in [1.54, 1.807) is 19.2 Å². The fourth-order valence-corrected chi connectivity index (χ4v) is 2.65. The van der Waals surface area contributed by atoms with Crippen molar-refractivity contribution in [2.24, 2.45) is 0 Å². The highest BCUT2D eigenvalue weighted by molar-refractivity contribution is 5.43. The van der Waals surface area contributed by atoms with Gasteiger partial charge in [-0.15, -0.1) is 0 Å². The van der Waals surface area contributed by atoms with Gasteiger partial charge < -0.3 is 14.8 Å². The highest BCUT2D eigenvalue weighted by atomic mass is 19.4. The van der Waals surface area contributed by atoms with E-state index in [0.717, 1.165) is 17.7 Å². The topological polar surface area (TPSA) is 54.3 Å². The molecule has 0 spiro atoms. The summed E-state index contributed by atoms with van der Waals surface area (Å²) in [6.07, 6.45) is -3.32. The summed E-state index contributed by atoms with van der Waals surface area (Å²) in [4.78, 5) is 0. The van der Waals surface area contributed by atoms with Crippen LogP contribution in [-0.2, 0) is 12.7 Å². The standard InChI is InChI=1S/C21H23F3N2O2/c1-15(17-6-5-7-18(13-17)21(22,23)24)26-14-16-8-9-19(27-2)20(12-16)28-11-4-3-10-25/h5-9,12-13,15,26H,3-4,11,14H2,1-2H3. The molecular weight excluding hydrogens is 369 g/mol. The lowest BCUT2D eigenvalue weighted by atomic mass is 10.0. The molecule has 0 amide bonds. The molecule has 1 unspecified atom stereocenters. The maximum absolute atomic E-state index is 12.9. The molecule has 0 aromatic heterocycles.